The number of hydrogen-bond donors (Lipinski definition) is 1. The second-order valence-electron chi connectivity index (χ2n) is 6.23. The van der Waals surface area contributed by atoms with Crippen molar-refractivity contribution in [2.24, 2.45) is 5.92 Å². The Labute approximate surface area is 151 Å². The fourth-order valence-corrected chi connectivity index (χ4v) is 3.25. The average molecular weight is 352 g/mol. The summed E-state index contributed by atoms with van der Waals surface area (Å²) in [6.07, 6.45) is 0.169. The van der Waals surface area contributed by atoms with Gasteiger partial charge in [0.1, 0.15) is 0 Å². The molecule has 6 heteroatoms. The van der Waals surface area contributed by atoms with Crippen molar-refractivity contribution in [1.82, 2.24) is 4.90 Å². The zero-order valence-corrected chi connectivity index (χ0v) is 14.6. The molecule has 1 aliphatic rings. The summed E-state index contributed by atoms with van der Waals surface area (Å²) in [6.45, 7) is 0. The van der Waals surface area contributed by atoms with Gasteiger partial charge in [-0.15, -0.1) is 0 Å². The first kappa shape index (κ1) is 17.7. The van der Waals surface area contributed by atoms with Crippen LogP contribution in [0.2, 0.25) is 0 Å². The number of nitrogens with zero attached hydrogens (tertiary/aromatic N) is 1. The highest BCUT2D eigenvalue weighted by molar-refractivity contribution is 5.98. The standard InChI is InChI=1S/C20H20N2O4/c1-22-17(23)12-16(18(22)13-6-4-3-5-7-13)19(24)21-15-10-8-14(9-11-15)20(25)26-2/h3-11,16,18H,12H2,1-2H3,(H,21,24)/t16-,18-/m0/s1. The molecule has 2 aromatic rings. The summed E-state index contributed by atoms with van der Waals surface area (Å²) >= 11 is 0. The number of carbonyl (C=O) groups is 3. The molecule has 1 heterocycles. The van der Waals surface area contributed by atoms with Crippen molar-refractivity contribution in [3.05, 3.63) is 65.7 Å². The lowest BCUT2D eigenvalue weighted by molar-refractivity contribution is -0.128. The van der Waals surface area contributed by atoms with Gasteiger partial charge in [-0.25, -0.2) is 4.79 Å². The van der Waals surface area contributed by atoms with E-state index in [4.69, 9.17) is 0 Å². The molecule has 26 heavy (non-hydrogen) atoms. The molecule has 1 fully saturated rings. The minimum absolute atomic E-state index is 0.0555. The van der Waals surface area contributed by atoms with E-state index in [9.17, 15) is 14.4 Å². The number of likely N-dealkylation sites (tertiary alicyclic amines) is 1. The Morgan fingerprint density at radius 3 is 2.35 bits per heavy atom. The summed E-state index contributed by atoms with van der Waals surface area (Å²) in [4.78, 5) is 38.1. The Balaban J connectivity index is 1.77. The number of methoxy groups -OCH3 is 1. The van der Waals surface area contributed by atoms with Crippen molar-refractivity contribution < 1.29 is 19.1 Å². The third-order valence-corrected chi connectivity index (χ3v) is 4.64. The number of ether oxygens (including phenoxy) is 1. The van der Waals surface area contributed by atoms with E-state index in [1.54, 1.807) is 36.2 Å². The van der Waals surface area contributed by atoms with Crippen LogP contribution in [0.15, 0.2) is 54.6 Å². The van der Waals surface area contributed by atoms with Gasteiger partial charge in [-0.05, 0) is 29.8 Å². The lowest BCUT2D eigenvalue weighted by atomic mass is 9.93. The number of rotatable bonds is 4. The summed E-state index contributed by atoms with van der Waals surface area (Å²) in [5.74, 6) is -1.19. The van der Waals surface area contributed by atoms with Crippen LogP contribution in [0.5, 0.6) is 0 Å². The van der Waals surface area contributed by atoms with Crippen LogP contribution in [0.3, 0.4) is 0 Å². The molecule has 0 spiro atoms. The molecule has 0 radical (unpaired) electrons. The molecule has 2 amide bonds. The normalized spacial score (nSPS) is 19.3. The quantitative estimate of drug-likeness (QED) is 0.859. The number of benzene rings is 2. The molecule has 0 bridgehead atoms. The highest BCUT2D eigenvalue weighted by Crippen LogP contribution is 2.37. The minimum Gasteiger partial charge on any atom is -0.465 e. The third kappa shape index (κ3) is 3.44. The van der Waals surface area contributed by atoms with Gasteiger partial charge in [0.25, 0.3) is 0 Å². The van der Waals surface area contributed by atoms with Gasteiger partial charge in [0.2, 0.25) is 11.8 Å². The first-order valence-corrected chi connectivity index (χ1v) is 8.31. The maximum atomic E-state index is 12.8. The zero-order chi connectivity index (χ0) is 18.7. The van der Waals surface area contributed by atoms with Crippen molar-refractivity contribution in [3.63, 3.8) is 0 Å². The summed E-state index contributed by atoms with van der Waals surface area (Å²) in [6, 6.07) is 15.7. The van der Waals surface area contributed by atoms with Gasteiger partial charge in [-0.1, -0.05) is 30.3 Å². The molecule has 0 aliphatic carbocycles. The topological polar surface area (TPSA) is 75.7 Å². The van der Waals surface area contributed by atoms with E-state index in [1.165, 1.54) is 7.11 Å². The van der Waals surface area contributed by atoms with Crippen LogP contribution in [-0.4, -0.2) is 36.8 Å². The van der Waals surface area contributed by atoms with Gasteiger partial charge in [0.15, 0.2) is 0 Å². The smallest absolute Gasteiger partial charge is 0.337 e. The lowest BCUT2D eigenvalue weighted by Gasteiger charge is -2.25. The third-order valence-electron chi connectivity index (χ3n) is 4.64. The fraction of sp³-hybridized carbons (Fsp3) is 0.250. The number of hydrogen-bond acceptors (Lipinski definition) is 4. The Morgan fingerprint density at radius 1 is 1.08 bits per heavy atom. The molecule has 6 nitrogen and oxygen atoms in total. The Kier molecular flexibility index (Phi) is 5.02. The molecule has 1 saturated heterocycles. The van der Waals surface area contributed by atoms with Crippen molar-refractivity contribution in [3.8, 4) is 0 Å². The van der Waals surface area contributed by atoms with Gasteiger partial charge in [0.05, 0.1) is 24.6 Å². The van der Waals surface area contributed by atoms with E-state index < -0.39 is 11.9 Å². The largest absolute Gasteiger partial charge is 0.465 e. The number of anilines is 1. The first-order valence-electron chi connectivity index (χ1n) is 8.31. The first-order chi connectivity index (χ1) is 12.5. The monoisotopic (exact) mass is 352 g/mol. The van der Waals surface area contributed by atoms with E-state index in [1.807, 2.05) is 30.3 Å². The molecule has 0 unspecified atom stereocenters. The predicted molar refractivity (Wildman–Crippen MR) is 96.5 cm³/mol. The van der Waals surface area contributed by atoms with Gasteiger partial charge < -0.3 is 15.0 Å². The van der Waals surface area contributed by atoms with Crippen LogP contribution >= 0.6 is 0 Å². The number of amides is 2. The summed E-state index contributed by atoms with van der Waals surface area (Å²) in [5, 5.41) is 2.84. The van der Waals surface area contributed by atoms with E-state index in [0.29, 0.717) is 11.3 Å². The van der Waals surface area contributed by atoms with Crippen molar-refractivity contribution >= 4 is 23.5 Å². The molecule has 0 saturated carbocycles. The maximum Gasteiger partial charge on any atom is 0.337 e. The predicted octanol–water partition coefficient (Wildman–Crippen LogP) is 2.63. The minimum atomic E-state index is -0.477. The highest BCUT2D eigenvalue weighted by atomic mass is 16.5. The van der Waals surface area contributed by atoms with Gasteiger partial charge >= 0.3 is 5.97 Å². The van der Waals surface area contributed by atoms with Crippen LogP contribution in [0.25, 0.3) is 0 Å². The zero-order valence-electron chi connectivity index (χ0n) is 14.6. The number of nitrogens with one attached hydrogen (secondary N) is 1. The molecule has 0 aromatic heterocycles. The molecular formula is C20H20N2O4. The van der Waals surface area contributed by atoms with Gasteiger partial charge in [-0.2, -0.15) is 0 Å². The van der Waals surface area contributed by atoms with Crippen LogP contribution in [-0.2, 0) is 14.3 Å². The second-order valence-corrected chi connectivity index (χ2v) is 6.23. The number of carbonyl (C=O) groups excluding carboxylic acids is 3. The molecule has 2 atom stereocenters. The molecule has 2 aromatic carbocycles. The molecule has 134 valence electrons. The molecular weight excluding hydrogens is 332 g/mol. The Hall–Kier alpha value is -3.15. The Morgan fingerprint density at radius 2 is 1.73 bits per heavy atom. The average Bonchev–Trinajstić information content (AvgIpc) is 2.97. The molecule has 3 rings (SSSR count). The van der Waals surface area contributed by atoms with Crippen molar-refractivity contribution in [2.45, 2.75) is 12.5 Å². The van der Waals surface area contributed by atoms with Crippen molar-refractivity contribution in [2.75, 3.05) is 19.5 Å². The van der Waals surface area contributed by atoms with E-state index in [-0.39, 0.29) is 24.3 Å². The number of esters is 1. The van der Waals surface area contributed by atoms with E-state index >= 15 is 0 Å². The lowest BCUT2D eigenvalue weighted by Crippen LogP contribution is -2.30. The summed E-state index contributed by atoms with van der Waals surface area (Å²) in [7, 11) is 3.04. The molecule has 1 aliphatic heterocycles. The van der Waals surface area contributed by atoms with Gasteiger partial charge in [-0.3, -0.25) is 9.59 Å². The fourth-order valence-electron chi connectivity index (χ4n) is 3.25. The highest BCUT2D eigenvalue weighted by Gasteiger charge is 2.42. The van der Waals surface area contributed by atoms with E-state index in [0.717, 1.165) is 5.56 Å². The van der Waals surface area contributed by atoms with E-state index in [2.05, 4.69) is 10.1 Å². The summed E-state index contributed by atoms with van der Waals surface area (Å²) in [5.41, 5.74) is 1.90. The summed E-state index contributed by atoms with van der Waals surface area (Å²) < 4.78 is 4.66. The molecule has 1 N–H and O–H groups in total. The second kappa shape index (κ2) is 7.39. The SMILES string of the molecule is COC(=O)c1ccc(NC(=O)[C@H]2CC(=O)N(C)[C@H]2c2ccccc2)cc1. The van der Waals surface area contributed by atoms with Gasteiger partial charge in [0, 0.05) is 19.2 Å². The van der Waals surface area contributed by atoms with Crippen LogP contribution < -0.4 is 5.32 Å². The van der Waals surface area contributed by atoms with Crippen LogP contribution in [0.1, 0.15) is 28.4 Å². The Bertz CT molecular complexity index is 817. The van der Waals surface area contributed by atoms with Crippen molar-refractivity contribution in [1.29, 1.82) is 0 Å². The maximum absolute atomic E-state index is 12.8. The van der Waals surface area contributed by atoms with Crippen LogP contribution in [0.4, 0.5) is 5.69 Å². The van der Waals surface area contributed by atoms with Crippen LogP contribution in [0, 0.1) is 5.92 Å².